The first kappa shape index (κ1) is 12.2. The molecule has 0 saturated carbocycles. The first-order chi connectivity index (χ1) is 8.60. The van der Waals surface area contributed by atoms with Crippen molar-refractivity contribution in [2.75, 3.05) is 7.11 Å². The molecule has 0 fully saturated rings. The molecule has 0 aliphatic carbocycles. The summed E-state index contributed by atoms with van der Waals surface area (Å²) in [5, 5.41) is 10.9. The minimum atomic E-state index is -0.928. The van der Waals surface area contributed by atoms with Gasteiger partial charge in [-0.25, -0.2) is 4.79 Å². The summed E-state index contributed by atoms with van der Waals surface area (Å²) in [6, 6.07) is 11.7. The van der Waals surface area contributed by atoms with Crippen molar-refractivity contribution in [2.24, 2.45) is 0 Å². The number of methoxy groups -OCH3 is 1. The molecule has 92 valence electrons. The fraction of sp³-hybridized carbons (Fsp3) is 0.133. The fourth-order valence-corrected chi connectivity index (χ4v) is 1.86. The maximum Gasteiger partial charge on any atom is 0.328 e. The Bertz CT molecular complexity index is 627. The molecule has 18 heavy (non-hydrogen) atoms. The van der Waals surface area contributed by atoms with Crippen molar-refractivity contribution in [1.82, 2.24) is 0 Å². The van der Waals surface area contributed by atoms with Crippen molar-refractivity contribution in [3.05, 3.63) is 48.0 Å². The highest BCUT2D eigenvalue weighted by molar-refractivity contribution is 5.92. The van der Waals surface area contributed by atoms with Crippen LogP contribution in [0.1, 0.15) is 12.5 Å². The van der Waals surface area contributed by atoms with E-state index >= 15 is 0 Å². The first-order valence-corrected chi connectivity index (χ1v) is 5.59. The van der Waals surface area contributed by atoms with E-state index in [1.807, 2.05) is 36.4 Å². The van der Waals surface area contributed by atoms with Crippen LogP contribution in [-0.2, 0) is 4.79 Å². The van der Waals surface area contributed by atoms with E-state index in [0.29, 0.717) is 0 Å². The molecule has 0 aromatic heterocycles. The highest BCUT2D eigenvalue weighted by Gasteiger charge is 2.01. The van der Waals surface area contributed by atoms with Crippen molar-refractivity contribution < 1.29 is 14.6 Å². The van der Waals surface area contributed by atoms with E-state index < -0.39 is 5.97 Å². The number of carboxylic acids is 1. The van der Waals surface area contributed by atoms with E-state index in [4.69, 9.17) is 9.84 Å². The highest BCUT2D eigenvalue weighted by atomic mass is 16.5. The quantitative estimate of drug-likeness (QED) is 0.840. The van der Waals surface area contributed by atoms with Gasteiger partial charge in [0, 0.05) is 6.08 Å². The molecule has 2 aromatic rings. The summed E-state index contributed by atoms with van der Waals surface area (Å²) in [4.78, 5) is 10.6. The smallest absolute Gasteiger partial charge is 0.328 e. The molecule has 0 heterocycles. The van der Waals surface area contributed by atoms with E-state index in [0.717, 1.165) is 27.7 Å². The van der Waals surface area contributed by atoms with Gasteiger partial charge in [-0.05, 0) is 47.0 Å². The van der Waals surface area contributed by atoms with Crippen LogP contribution >= 0.6 is 0 Å². The number of allylic oxidation sites excluding steroid dienone is 1. The number of hydrogen-bond donors (Lipinski definition) is 1. The van der Waals surface area contributed by atoms with Crippen LogP contribution in [0.15, 0.2) is 42.5 Å². The fourth-order valence-electron chi connectivity index (χ4n) is 1.86. The van der Waals surface area contributed by atoms with E-state index in [1.54, 1.807) is 14.0 Å². The molecule has 0 saturated heterocycles. The largest absolute Gasteiger partial charge is 0.497 e. The molecule has 2 aromatic carbocycles. The Kier molecular flexibility index (Phi) is 3.33. The van der Waals surface area contributed by atoms with Crippen molar-refractivity contribution >= 4 is 22.3 Å². The SMILES string of the molecule is COc1ccc2cc(C(C)=CC(=O)O)ccc2c1. The Balaban J connectivity index is 2.48. The minimum absolute atomic E-state index is 0.736. The average Bonchev–Trinajstić information content (AvgIpc) is 2.36. The number of rotatable bonds is 3. The third-order valence-corrected chi connectivity index (χ3v) is 2.84. The summed E-state index contributed by atoms with van der Waals surface area (Å²) >= 11 is 0. The second kappa shape index (κ2) is 4.92. The molecule has 0 aliphatic heterocycles. The Morgan fingerprint density at radius 3 is 2.50 bits per heavy atom. The van der Waals surface area contributed by atoms with Gasteiger partial charge in [-0.1, -0.05) is 18.2 Å². The van der Waals surface area contributed by atoms with Gasteiger partial charge in [-0.2, -0.15) is 0 Å². The van der Waals surface area contributed by atoms with Crippen LogP contribution in [0.4, 0.5) is 0 Å². The lowest BCUT2D eigenvalue weighted by molar-refractivity contribution is -0.131. The lowest BCUT2D eigenvalue weighted by Gasteiger charge is -2.05. The van der Waals surface area contributed by atoms with Crippen molar-refractivity contribution in [2.45, 2.75) is 6.92 Å². The van der Waals surface area contributed by atoms with E-state index in [2.05, 4.69) is 0 Å². The van der Waals surface area contributed by atoms with E-state index in [-0.39, 0.29) is 0 Å². The molecule has 0 atom stereocenters. The Labute approximate surface area is 105 Å². The van der Waals surface area contributed by atoms with Gasteiger partial charge < -0.3 is 9.84 Å². The standard InChI is InChI=1S/C15H14O3/c1-10(7-15(16)17)11-3-4-13-9-14(18-2)6-5-12(13)8-11/h3-9H,1-2H3,(H,16,17). The monoisotopic (exact) mass is 242 g/mol. The topological polar surface area (TPSA) is 46.5 Å². The van der Waals surface area contributed by atoms with Crippen LogP contribution < -0.4 is 4.74 Å². The maximum atomic E-state index is 10.6. The Morgan fingerprint density at radius 1 is 1.17 bits per heavy atom. The third kappa shape index (κ3) is 2.51. The van der Waals surface area contributed by atoms with Gasteiger partial charge >= 0.3 is 5.97 Å². The van der Waals surface area contributed by atoms with Gasteiger partial charge in [0.2, 0.25) is 0 Å². The van der Waals surface area contributed by atoms with Gasteiger partial charge in [-0.3, -0.25) is 0 Å². The van der Waals surface area contributed by atoms with Crippen LogP contribution in [0.3, 0.4) is 0 Å². The zero-order chi connectivity index (χ0) is 13.1. The molecule has 0 unspecified atom stereocenters. The number of carboxylic acid groups (broad SMARTS) is 1. The second-order valence-electron chi connectivity index (χ2n) is 4.09. The van der Waals surface area contributed by atoms with Crippen LogP contribution in [0, 0.1) is 0 Å². The minimum Gasteiger partial charge on any atom is -0.497 e. The van der Waals surface area contributed by atoms with Crippen molar-refractivity contribution in [3.63, 3.8) is 0 Å². The highest BCUT2D eigenvalue weighted by Crippen LogP contribution is 2.24. The molecular formula is C15H14O3. The normalized spacial score (nSPS) is 11.6. The lowest BCUT2D eigenvalue weighted by atomic mass is 10.0. The average molecular weight is 242 g/mol. The zero-order valence-electron chi connectivity index (χ0n) is 10.3. The van der Waals surface area contributed by atoms with Gasteiger partial charge in [0.1, 0.15) is 5.75 Å². The predicted octanol–water partition coefficient (Wildman–Crippen LogP) is 3.34. The summed E-state index contributed by atoms with van der Waals surface area (Å²) in [5.41, 5.74) is 1.65. The Hall–Kier alpha value is -2.29. The molecular weight excluding hydrogens is 228 g/mol. The van der Waals surface area contributed by atoms with Gasteiger partial charge in [0.15, 0.2) is 0 Å². The van der Waals surface area contributed by atoms with Crippen LogP contribution in [0.5, 0.6) is 5.75 Å². The second-order valence-corrected chi connectivity index (χ2v) is 4.09. The summed E-state index contributed by atoms with van der Waals surface area (Å²) in [5.74, 6) is -0.115. The first-order valence-electron chi connectivity index (χ1n) is 5.59. The van der Waals surface area contributed by atoms with E-state index in [1.165, 1.54) is 6.08 Å². The molecule has 0 amide bonds. The molecule has 3 heteroatoms. The number of benzene rings is 2. The van der Waals surface area contributed by atoms with Gasteiger partial charge in [0.05, 0.1) is 7.11 Å². The molecule has 0 spiro atoms. The number of ether oxygens (including phenoxy) is 1. The van der Waals surface area contributed by atoms with Gasteiger partial charge in [0.25, 0.3) is 0 Å². The molecule has 0 aliphatic rings. The third-order valence-electron chi connectivity index (χ3n) is 2.84. The lowest BCUT2D eigenvalue weighted by Crippen LogP contribution is -1.90. The summed E-state index contributed by atoms with van der Waals surface area (Å²) in [6.07, 6.45) is 1.21. The molecule has 0 bridgehead atoms. The number of aliphatic carboxylic acids is 1. The maximum absolute atomic E-state index is 10.6. The summed E-state index contributed by atoms with van der Waals surface area (Å²) < 4.78 is 5.16. The number of fused-ring (bicyclic) bond motifs is 1. The molecule has 0 radical (unpaired) electrons. The van der Waals surface area contributed by atoms with Crippen LogP contribution in [0.25, 0.3) is 16.3 Å². The van der Waals surface area contributed by atoms with Crippen LogP contribution in [0.2, 0.25) is 0 Å². The number of hydrogen-bond acceptors (Lipinski definition) is 2. The summed E-state index contributed by atoms with van der Waals surface area (Å²) in [7, 11) is 1.63. The predicted molar refractivity (Wildman–Crippen MR) is 71.8 cm³/mol. The molecule has 2 rings (SSSR count). The zero-order valence-corrected chi connectivity index (χ0v) is 10.3. The van der Waals surface area contributed by atoms with Crippen molar-refractivity contribution in [3.8, 4) is 5.75 Å². The Morgan fingerprint density at radius 2 is 1.83 bits per heavy atom. The molecule has 1 N–H and O–H groups in total. The van der Waals surface area contributed by atoms with Gasteiger partial charge in [-0.15, -0.1) is 0 Å². The van der Waals surface area contributed by atoms with E-state index in [9.17, 15) is 4.79 Å². The summed E-state index contributed by atoms with van der Waals surface area (Å²) in [6.45, 7) is 1.79. The van der Waals surface area contributed by atoms with Crippen molar-refractivity contribution in [1.29, 1.82) is 0 Å². The molecule has 3 nitrogen and oxygen atoms in total. The number of carbonyl (C=O) groups is 1. The van der Waals surface area contributed by atoms with Crippen LogP contribution in [-0.4, -0.2) is 18.2 Å².